The number of H-pyrrole nitrogens is 1. The van der Waals surface area contributed by atoms with Gasteiger partial charge in [0.2, 0.25) is 0 Å². The molecule has 2 aromatic heterocycles. The van der Waals surface area contributed by atoms with E-state index >= 15 is 0 Å². The number of fused-ring (bicyclic) bond motifs is 1. The van der Waals surface area contributed by atoms with Gasteiger partial charge in [0, 0.05) is 6.54 Å². The number of nitrogens with one attached hydrogen (secondary N) is 2. The molecule has 0 aliphatic heterocycles. The summed E-state index contributed by atoms with van der Waals surface area (Å²) in [5.41, 5.74) is 1.43. The Kier molecular flexibility index (Phi) is 3.15. The maximum absolute atomic E-state index is 12.0. The summed E-state index contributed by atoms with van der Waals surface area (Å²) in [4.78, 5) is 20.5. The average Bonchev–Trinajstić information content (AvgIpc) is 3.08. The Morgan fingerprint density at radius 2 is 2.30 bits per heavy atom. The second-order valence-electron chi connectivity index (χ2n) is 4.28. The van der Waals surface area contributed by atoms with Crippen LogP contribution in [0.4, 0.5) is 0 Å². The molecule has 0 fully saturated rings. The van der Waals surface area contributed by atoms with E-state index in [-0.39, 0.29) is 11.7 Å². The van der Waals surface area contributed by atoms with E-state index in [1.807, 2.05) is 24.4 Å². The van der Waals surface area contributed by atoms with Crippen LogP contribution in [0.3, 0.4) is 0 Å². The van der Waals surface area contributed by atoms with Crippen LogP contribution in [0.5, 0.6) is 5.75 Å². The van der Waals surface area contributed by atoms with E-state index in [4.69, 9.17) is 0 Å². The molecule has 0 saturated heterocycles. The summed E-state index contributed by atoms with van der Waals surface area (Å²) in [7, 11) is 0. The number of aromatic nitrogens is 2. The average molecular weight is 287 g/mol. The first-order valence-electron chi connectivity index (χ1n) is 6.24. The molecule has 3 aromatic rings. The van der Waals surface area contributed by atoms with E-state index in [0.717, 1.165) is 4.88 Å². The summed E-state index contributed by atoms with van der Waals surface area (Å²) in [5.74, 6) is 0.548. The van der Waals surface area contributed by atoms with E-state index in [1.165, 1.54) is 6.07 Å². The highest BCUT2D eigenvalue weighted by Gasteiger charge is 2.16. The Bertz CT molecular complexity index is 762. The topological polar surface area (TPSA) is 78.0 Å². The van der Waals surface area contributed by atoms with Gasteiger partial charge >= 0.3 is 0 Å². The van der Waals surface area contributed by atoms with Crippen molar-refractivity contribution in [1.82, 2.24) is 15.3 Å². The third kappa shape index (κ3) is 2.04. The lowest BCUT2D eigenvalue weighted by molar-refractivity contribution is 0.0957. The van der Waals surface area contributed by atoms with Crippen molar-refractivity contribution >= 4 is 28.3 Å². The first-order chi connectivity index (χ1) is 9.70. The highest BCUT2D eigenvalue weighted by Crippen LogP contribution is 2.30. The van der Waals surface area contributed by atoms with Crippen LogP contribution in [-0.4, -0.2) is 27.5 Å². The summed E-state index contributed by atoms with van der Waals surface area (Å²) in [5, 5.41) is 14.6. The van der Waals surface area contributed by atoms with Crippen molar-refractivity contribution in [3.05, 3.63) is 35.2 Å². The lowest BCUT2D eigenvalue weighted by Crippen LogP contribution is -2.22. The van der Waals surface area contributed by atoms with E-state index in [1.54, 1.807) is 17.4 Å². The van der Waals surface area contributed by atoms with Gasteiger partial charge in [-0.2, -0.15) is 0 Å². The Hall–Kier alpha value is -2.34. The molecule has 0 radical (unpaired) electrons. The van der Waals surface area contributed by atoms with Crippen molar-refractivity contribution in [3.8, 4) is 16.5 Å². The van der Waals surface area contributed by atoms with Crippen LogP contribution < -0.4 is 5.32 Å². The van der Waals surface area contributed by atoms with Crippen molar-refractivity contribution in [2.75, 3.05) is 6.54 Å². The second-order valence-corrected chi connectivity index (χ2v) is 5.23. The molecular weight excluding hydrogens is 274 g/mol. The van der Waals surface area contributed by atoms with Gasteiger partial charge in [-0.15, -0.1) is 11.3 Å². The fourth-order valence-corrected chi connectivity index (χ4v) is 2.72. The number of benzene rings is 1. The third-order valence-electron chi connectivity index (χ3n) is 2.96. The van der Waals surface area contributed by atoms with Crippen LogP contribution in [0.15, 0.2) is 29.6 Å². The minimum atomic E-state index is -0.193. The molecule has 0 bridgehead atoms. The highest BCUT2D eigenvalue weighted by molar-refractivity contribution is 7.13. The largest absolute Gasteiger partial charge is 0.506 e. The number of thiophene rings is 1. The fourth-order valence-electron chi connectivity index (χ4n) is 2.05. The molecule has 1 amide bonds. The number of phenolic OH excluding ortho intramolecular Hbond substituents is 1. The molecule has 0 saturated carbocycles. The van der Waals surface area contributed by atoms with Crippen molar-refractivity contribution in [2.24, 2.45) is 0 Å². The standard InChI is InChI=1S/C14H13N3O2S/c1-2-15-14(19)8-5-6-9(18)12-11(8)16-13(17-12)10-4-3-7-20-10/h3-7,18H,2H2,1H3,(H,15,19)(H,16,17). The minimum Gasteiger partial charge on any atom is -0.506 e. The van der Waals surface area contributed by atoms with E-state index in [0.29, 0.717) is 29.0 Å². The zero-order valence-corrected chi connectivity index (χ0v) is 11.6. The Balaban J connectivity index is 2.19. The minimum absolute atomic E-state index is 0.0864. The predicted molar refractivity (Wildman–Crippen MR) is 79.1 cm³/mol. The van der Waals surface area contributed by atoms with Gasteiger partial charge in [-0.05, 0) is 30.5 Å². The molecule has 0 aliphatic rings. The highest BCUT2D eigenvalue weighted by atomic mass is 32.1. The number of imidazole rings is 1. The lowest BCUT2D eigenvalue weighted by atomic mass is 10.1. The van der Waals surface area contributed by atoms with Gasteiger partial charge in [-0.25, -0.2) is 4.98 Å². The molecule has 102 valence electrons. The predicted octanol–water partition coefficient (Wildman–Crippen LogP) is 2.75. The van der Waals surface area contributed by atoms with E-state index < -0.39 is 0 Å². The summed E-state index contributed by atoms with van der Waals surface area (Å²) in [6.45, 7) is 2.40. The molecule has 6 heteroatoms. The quantitative estimate of drug-likeness (QED) is 0.693. The van der Waals surface area contributed by atoms with Crippen LogP contribution in [0.2, 0.25) is 0 Å². The first kappa shape index (κ1) is 12.7. The maximum atomic E-state index is 12.0. The maximum Gasteiger partial charge on any atom is 0.253 e. The van der Waals surface area contributed by atoms with Crippen molar-refractivity contribution in [2.45, 2.75) is 6.92 Å². The molecule has 2 heterocycles. The molecule has 0 spiro atoms. The van der Waals surface area contributed by atoms with Crippen LogP contribution in [0.25, 0.3) is 21.7 Å². The van der Waals surface area contributed by atoms with Gasteiger partial charge in [0.1, 0.15) is 22.6 Å². The SMILES string of the molecule is CCNC(=O)c1ccc(O)c2[nH]c(-c3cccs3)nc12. The number of hydrogen-bond donors (Lipinski definition) is 3. The summed E-state index contributed by atoms with van der Waals surface area (Å²) in [6, 6.07) is 6.95. The number of hydrogen-bond acceptors (Lipinski definition) is 4. The number of rotatable bonds is 3. The van der Waals surface area contributed by atoms with Gasteiger partial charge in [0.05, 0.1) is 10.4 Å². The van der Waals surface area contributed by atoms with Gasteiger partial charge < -0.3 is 15.4 Å². The summed E-state index contributed by atoms with van der Waals surface area (Å²) < 4.78 is 0. The zero-order valence-electron chi connectivity index (χ0n) is 10.8. The molecule has 0 atom stereocenters. The fraction of sp³-hybridized carbons (Fsp3) is 0.143. The van der Waals surface area contributed by atoms with Crippen molar-refractivity contribution in [1.29, 1.82) is 0 Å². The van der Waals surface area contributed by atoms with Gasteiger partial charge in [-0.3, -0.25) is 4.79 Å². The summed E-state index contributed by atoms with van der Waals surface area (Å²) in [6.07, 6.45) is 0. The molecule has 0 unspecified atom stereocenters. The van der Waals surface area contributed by atoms with Gasteiger partial charge in [-0.1, -0.05) is 6.07 Å². The van der Waals surface area contributed by atoms with Crippen LogP contribution in [0.1, 0.15) is 17.3 Å². The van der Waals surface area contributed by atoms with Crippen molar-refractivity contribution in [3.63, 3.8) is 0 Å². The van der Waals surface area contributed by atoms with Crippen LogP contribution >= 0.6 is 11.3 Å². The van der Waals surface area contributed by atoms with Crippen molar-refractivity contribution < 1.29 is 9.90 Å². The molecule has 3 N–H and O–H groups in total. The lowest BCUT2D eigenvalue weighted by Gasteiger charge is -2.03. The zero-order chi connectivity index (χ0) is 14.1. The van der Waals surface area contributed by atoms with E-state index in [9.17, 15) is 9.90 Å². The molecule has 3 rings (SSSR count). The van der Waals surface area contributed by atoms with Crippen LogP contribution in [0, 0.1) is 0 Å². The van der Waals surface area contributed by atoms with Gasteiger partial charge in [0.15, 0.2) is 0 Å². The smallest absolute Gasteiger partial charge is 0.253 e. The number of carbonyl (C=O) groups excluding carboxylic acids is 1. The Morgan fingerprint density at radius 1 is 1.45 bits per heavy atom. The molecule has 1 aromatic carbocycles. The number of aromatic amines is 1. The first-order valence-corrected chi connectivity index (χ1v) is 7.12. The Morgan fingerprint density at radius 3 is 3.00 bits per heavy atom. The normalized spacial score (nSPS) is 10.8. The monoisotopic (exact) mass is 287 g/mol. The van der Waals surface area contributed by atoms with E-state index in [2.05, 4.69) is 15.3 Å². The van der Waals surface area contributed by atoms with Gasteiger partial charge in [0.25, 0.3) is 5.91 Å². The number of carbonyl (C=O) groups is 1. The second kappa shape index (κ2) is 4.97. The number of nitrogens with zero attached hydrogens (tertiary/aromatic N) is 1. The molecule has 5 nitrogen and oxygen atoms in total. The number of phenols is 1. The molecule has 20 heavy (non-hydrogen) atoms. The summed E-state index contributed by atoms with van der Waals surface area (Å²) >= 11 is 1.55. The number of aromatic hydroxyl groups is 1. The third-order valence-corrected chi connectivity index (χ3v) is 3.84. The molecular formula is C14H13N3O2S. The van der Waals surface area contributed by atoms with Crippen LogP contribution in [-0.2, 0) is 0 Å². The molecule has 0 aliphatic carbocycles. The Labute approximate surface area is 119 Å². The number of amides is 1.